The van der Waals surface area contributed by atoms with E-state index in [2.05, 4.69) is 5.32 Å². The molecule has 3 unspecified atom stereocenters. The van der Waals surface area contributed by atoms with E-state index in [-0.39, 0.29) is 17.9 Å². The highest BCUT2D eigenvalue weighted by Gasteiger charge is 2.38. The maximum absolute atomic E-state index is 12.4. The number of nitrogens with one attached hydrogen (secondary N) is 1. The Morgan fingerprint density at radius 2 is 1.88 bits per heavy atom. The highest BCUT2D eigenvalue weighted by Crippen LogP contribution is 2.31. The van der Waals surface area contributed by atoms with Crippen molar-refractivity contribution in [2.45, 2.75) is 31.8 Å². The van der Waals surface area contributed by atoms with Crippen LogP contribution in [0.25, 0.3) is 0 Å². The van der Waals surface area contributed by atoms with Crippen molar-refractivity contribution >= 4 is 5.91 Å². The molecule has 4 nitrogen and oxygen atoms in total. The molecular weight excluding hydrogens is 216 g/mol. The molecule has 2 heterocycles. The number of fused-ring (bicyclic) bond motifs is 2. The number of hydrogen-bond donors (Lipinski definition) is 2. The van der Waals surface area contributed by atoms with Crippen molar-refractivity contribution < 1.29 is 9.90 Å². The van der Waals surface area contributed by atoms with Crippen molar-refractivity contribution in [3.05, 3.63) is 0 Å². The van der Waals surface area contributed by atoms with Crippen LogP contribution in [-0.2, 0) is 4.79 Å². The molecule has 3 aliphatic rings. The second-order valence-electron chi connectivity index (χ2n) is 5.97. The third-order valence-corrected chi connectivity index (χ3v) is 4.60. The number of likely N-dealkylation sites (tertiary alicyclic amines) is 1. The third-order valence-electron chi connectivity index (χ3n) is 4.60. The molecule has 0 aromatic rings. The Morgan fingerprint density at radius 3 is 2.47 bits per heavy atom. The fourth-order valence-corrected chi connectivity index (χ4v) is 3.75. The number of aliphatic hydroxyl groups is 1. The van der Waals surface area contributed by atoms with Gasteiger partial charge in [0, 0.05) is 13.1 Å². The predicted molar refractivity (Wildman–Crippen MR) is 64.4 cm³/mol. The largest absolute Gasteiger partial charge is 0.392 e. The zero-order chi connectivity index (χ0) is 11.8. The zero-order valence-electron chi connectivity index (χ0n) is 10.3. The van der Waals surface area contributed by atoms with Crippen LogP contribution < -0.4 is 5.32 Å². The smallest absolute Gasteiger partial charge is 0.228 e. The molecule has 1 amide bonds. The number of carbonyl (C=O) groups is 1. The van der Waals surface area contributed by atoms with Crippen LogP contribution in [0.1, 0.15) is 25.7 Å². The molecule has 0 aromatic carbocycles. The van der Waals surface area contributed by atoms with Crippen LogP contribution in [0, 0.1) is 17.8 Å². The summed E-state index contributed by atoms with van der Waals surface area (Å²) in [6.45, 7) is 3.89. The van der Waals surface area contributed by atoms with E-state index in [1.54, 1.807) is 0 Å². The Balaban J connectivity index is 1.65. The van der Waals surface area contributed by atoms with E-state index >= 15 is 0 Å². The number of nitrogens with zero attached hydrogens (tertiary/aromatic N) is 1. The first-order valence-corrected chi connectivity index (χ1v) is 6.91. The summed E-state index contributed by atoms with van der Waals surface area (Å²) in [5.74, 6) is 1.36. The van der Waals surface area contributed by atoms with E-state index < -0.39 is 0 Å². The minimum atomic E-state index is -0.387. The van der Waals surface area contributed by atoms with Crippen molar-refractivity contribution in [3.8, 4) is 0 Å². The third kappa shape index (κ3) is 2.20. The molecule has 4 heteroatoms. The lowest BCUT2D eigenvalue weighted by molar-refractivity contribution is -0.141. The molecule has 96 valence electrons. The minimum Gasteiger partial charge on any atom is -0.392 e. The lowest BCUT2D eigenvalue weighted by Crippen LogP contribution is -2.54. The molecule has 3 rings (SSSR count). The Morgan fingerprint density at radius 1 is 1.18 bits per heavy atom. The molecule has 0 aromatic heterocycles. The fraction of sp³-hybridized carbons (Fsp3) is 0.923. The molecule has 0 spiro atoms. The maximum Gasteiger partial charge on any atom is 0.228 e. The summed E-state index contributed by atoms with van der Waals surface area (Å²) in [5, 5.41) is 13.3. The molecule has 2 N–H and O–H groups in total. The molecule has 2 aliphatic heterocycles. The average Bonchev–Trinajstić information content (AvgIpc) is 2.74. The van der Waals surface area contributed by atoms with E-state index in [1.165, 1.54) is 6.42 Å². The Hall–Kier alpha value is -0.610. The molecule has 1 aliphatic carbocycles. The van der Waals surface area contributed by atoms with Gasteiger partial charge in [0.05, 0.1) is 12.0 Å². The van der Waals surface area contributed by atoms with E-state index in [4.69, 9.17) is 0 Å². The van der Waals surface area contributed by atoms with Crippen LogP contribution in [0.15, 0.2) is 0 Å². The van der Waals surface area contributed by atoms with Gasteiger partial charge in [-0.25, -0.2) is 0 Å². The van der Waals surface area contributed by atoms with Crippen LogP contribution in [0.5, 0.6) is 0 Å². The number of aliphatic hydroxyl groups excluding tert-OH is 1. The zero-order valence-corrected chi connectivity index (χ0v) is 10.3. The Bertz CT molecular complexity index is 296. The molecule has 0 radical (unpaired) electrons. The van der Waals surface area contributed by atoms with Gasteiger partial charge in [0.25, 0.3) is 0 Å². The van der Waals surface area contributed by atoms with Gasteiger partial charge in [-0.15, -0.1) is 0 Å². The van der Waals surface area contributed by atoms with Gasteiger partial charge in [0.2, 0.25) is 5.91 Å². The first-order valence-electron chi connectivity index (χ1n) is 6.91. The second kappa shape index (κ2) is 4.58. The summed E-state index contributed by atoms with van der Waals surface area (Å²) in [5.41, 5.74) is 0. The molecule has 17 heavy (non-hydrogen) atoms. The summed E-state index contributed by atoms with van der Waals surface area (Å²) in [7, 11) is 0. The fourth-order valence-electron chi connectivity index (χ4n) is 3.75. The van der Waals surface area contributed by atoms with Crippen molar-refractivity contribution in [1.29, 1.82) is 0 Å². The lowest BCUT2D eigenvalue weighted by Gasteiger charge is -2.42. The van der Waals surface area contributed by atoms with Gasteiger partial charge in [-0.3, -0.25) is 4.79 Å². The van der Waals surface area contributed by atoms with E-state index in [0.29, 0.717) is 11.8 Å². The highest BCUT2D eigenvalue weighted by atomic mass is 16.3. The van der Waals surface area contributed by atoms with Crippen LogP contribution in [0.2, 0.25) is 0 Å². The van der Waals surface area contributed by atoms with Gasteiger partial charge >= 0.3 is 0 Å². The monoisotopic (exact) mass is 238 g/mol. The van der Waals surface area contributed by atoms with Gasteiger partial charge < -0.3 is 15.3 Å². The van der Waals surface area contributed by atoms with Crippen molar-refractivity contribution in [2.24, 2.45) is 17.8 Å². The number of hydrogen-bond acceptors (Lipinski definition) is 3. The topological polar surface area (TPSA) is 52.6 Å². The van der Waals surface area contributed by atoms with Gasteiger partial charge in [-0.2, -0.15) is 0 Å². The average molecular weight is 238 g/mol. The summed E-state index contributed by atoms with van der Waals surface area (Å²) in [6, 6.07) is 0. The molecule has 2 saturated heterocycles. The van der Waals surface area contributed by atoms with Crippen molar-refractivity contribution in [3.63, 3.8) is 0 Å². The number of piperidine rings is 2. The molecule has 2 bridgehead atoms. The normalized spacial score (nSPS) is 41.6. The Kier molecular flexibility index (Phi) is 3.09. The number of carbonyl (C=O) groups excluding carboxylic acids is 1. The SMILES string of the molecule is O=C(C1CCC[C@H]1O)N1CC2CNCC(C2)C1. The highest BCUT2D eigenvalue weighted by molar-refractivity contribution is 5.80. The van der Waals surface area contributed by atoms with Crippen LogP contribution >= 0.6 is 0 Å². The summed E-state index contributed by atoms with van der Waals surface area (Å²) in [4.78, 5) is 14.4. The van der Waals surface area contributed by atoms with Crippen LogP contribution in [-0.4, -0.2) is 48.2 Å². The molecule has 1 saturated carbocycles. The standard InChI is InChI=1S/C13H22N2O2/c16-12-3-1-2-11(12)13(17)15-7-9-4-10(8-15)6-14-5-9/h9-12,14,16H,1-8H2/t9?,10?,11?,12-/m1/s1. The summed E-state index contributed by atoms with van der Waals surface area (Å²) < 4.78 is 0. The lowest BCUT2D eigenvalue weighted by atomic mass is 9.85. The first kappa shape index (κ1) is 11.5. The molecule has 3 fully saturated rings. The molecular formula is C13H22N2O2. The molecule has 4 atom stereocenters. The maximum atomic E-state index is 12.4. The number of rotatable bonds is 1. The minimum absolute atomic E-state index is 0.109. The van der Waals surface area contributed by atoms with Crippen molar-refractivity contribution in [1.82, 2.24) is 10.2 Å². The first-order chi connectivity index (χ1) is 8.24. The van der Waals surface area contributed by atoms with Crippen LogP contribution in [0.4, 0.5) is 0 Å². The van der Waals surface area contributed by atoms with E-state index in [9.17, 15) is 9.90 Å². The van der Waals surface area contributed by atoms with E-state index in [1.807, 2.05) is 4.90 Å². The number of amides is 1. The van der Waals surface area contributed by atoms with Gasteiger partial charge in [0.15, 0.2) is 0 Å². The van der Waals surface area contributed by atoms with Gasteiger partial charge in [-0.1, -0.05) is 0 Å². The van der Waals surface area contributed by atoms with Crippen molar-refractivity contribution in [2.75, 3.05) is 26.2 Å². The van der Waals surface area contributed by atoms with Gasteiger partial charge in [-0.05, 0) is 50.6 Å². The predicted octanol–water partition coefficient (Wildman–Crippen LogP) is 0.215. The summed E-state index contributed by atoms with van der Waals surface area (Å²) in [6.07, 6.45) is 3.56. The summed E-state index contributed by atoms with van der Waals surface area (Å²) >= 11 is 0. The quantitative estimate of drug-likeness (QED) is 0.687. The van der Waals surface area contributed by atoms with Gasteiger partial charge in [0.1, 0.15) is 0 Å². The van der Waals surface area contributed by atoms with Crippen LogP contribution in [0.3, 0.4) is 0 Å². The Labute approximate surface area is 102 Å². The van der Waals surface area contributed by atoms with E-state index in [0.717, 1.165) is 45.4 Å². The second-order valence-corrected chi connectivity index (χ2v) is 5.97.